The van der Waals surface area contributed by atoms with Crippen molar-refractivity contribution in [1.29, 1.82) is 0 Å². The highest BCUT2D eigenvalue weighted by atomic mass is 16.5. The SMILES string of the molecule is COC[C@@H](O)COc1ccnc(-c2nc3c(c(N(C)CC(O)NC(C)C)n2)CCC3)c1. The Bertz CT molecular complexity index is 864. The molecule has 0 radical (unpaired) electrons. The van der Waals surface area contributed by atoms with Crippen molar-refractivity contribution < 1.29 is 19.7 Å². The monoisotopic (exact) mass is 431 g/mol. The topological polar surface area (TPSA) is 113 Å². The molecule has 0 aromatic carbocycles. The Kier molecular flexibility index (Phi) is 8.14. The molecule has 31 heavy (non-hydrogen) atoms. The van der Waals surface area contributed by atoms with Gasteiger partial charge in [-0.05, 0) is 39.2 Å². The van der Waals surface area contributed by atoms with Crippen molar-refractivity contribution in [3.8, 4) is 17.3 Å². The molecule has 2 aromatic rings. The van der Waals surface area contributed by atoms with Crippen LogP contribution in [0.1, 0.15) is 31.5 Å². The van der Waals surface area contributed by atoms with Crippen LogP contribution in [0.25, 0.3) is 11.5 Å². The molecule has 0 saturated heterocycles. The third-order valence-electron chi connectivity index (χ3n) is 5.01. The number of hydrogen-bond acceptors (Lipinski definition) is 9. The minimum atomic E-state index is -0.705. The van der Waals surface area contributed by atoms with Crippen LogP contribution in [0, 0.1) is 0 Å². The van der Waals surface area contributed by atoms with E-state index in [0.717, 1.165) is 36.3 Å². The molecule has 2 atom stereocenters. The number of nitrogens with one attached hydrogen (secondary N) is 1. The van der Waals surface area contributed by atoms with Gasteiger partial charge in [0.2, 0.25) is 0 Å². The lowest BCUT2D eigenvalue weighted by Crippen LogP contribution is -2.43. The van der Waals surface area contributed by atoms with Crippen LogP contribution in [0.5, 0.6) is 5.75 Å². The summed E-state index contributed by atoms with van der Waals surface area (Å²) < 4.78 is 10.6. The molecular formula is C22H33N5O4. The van der Waals surface area contributed by atoms with Gasteiger partial charge >= 0.3 is 0 Å². The summed E-state index contributed by atoms with van der Waals surface area (Å²) in [4.78, 5) is 16.0. The van der Waals surface area contributed by atoms with E-state index >= 15 is 0 Å². The summed E-state index contributed by atoms with van der Waals surface area (Å²) in [6.07, 6.45) is 3.14. The van der Waals surface area contributed by atoms with E-state index in [2.05, 4.69) is 10.3 Å². The Labute approximate surface area is 183 Å². The van der Waals surface area contributed by atoms with Crippen molar-refractivity contribution in [3.63, 3.8) is 0 Å². The van der Waals surface area contributed by atoms with Gasteiger partial charge in [0.05, 0.1) is 13.2 Å². The highest BCUT2D eigenvalue weighted by Gasteiger charge is 2.23. The zero-order chi connectivity index (χ0) is 22.4. The summed E-state index contributed by atoms with van der Waals surface area (Å²) in [7, 11) is 3.46. The number of methoxy groups -OCH3 is 1. The summed E-state index contributed by atoms with van der Waals surface area (Å²) in [5.74, 6) is 1.93. The third-order valence-corrected chi connectivity index (χ3v) is 5.01. The second kappa shape index (κ2) is 10.8. The maximum absolute atomic E-state index is 10.3. The number of hydrogen-bond donors (Lipinski definition) is 3. The number of nitrogens with zero attached hydrogens (tertiary/aromatic N) is 4. The van der Waals surface area contributed by atoms with Gasteiger partial charge in [-0.2, -0.15) is 0 Å². The summed E-state index contributed by atoms with van der Waals surface area (Å²) in [6, 6.07) is 3.69. The van der Waals surface area contributed by atoms with Gasteiger partial charge in [-0.3, -0.25) is 10.3 Å². The number of pyridine rings is 1. The number of anilines is 1. The number of aromatic nitrogens is 3. The normalized spacial score (nSPS) is 15.1. The van der Waals surface area contributed by atoms with Crippen LogP contribution < -0.4 is 15.0 Å². The molecule has 9 nitrogen and oxygen atoms in total. The summed E-state index contributed by atoms with van der Waals surface area (Å²) in [6.45, 7) is 4.74. The van der Waals surface area contributed by atoms with Gasteiger partial charge in [-0.25, -0.2) is 9.97 Å². The Morgan fingerprint density at radius 3 is 2.74 bits per heavy atom. The van der Waals surface area contributed by atoms with Gasteiger partial charge in [0, 0.05) is 43.7 Å². The lowest BCUT2D eigenvalue weighted by molar-refractivity contribution is 0.0325. The van der Waals surface area contributed by atoms with Crippen LogP contribution in [0.4, 0.5) is 5.82 Å². The molecule has 1 unspecified atom stereocenters. The predicted octanol–water partition coefficient (Wildman–Crippen LogP) is 1.17. The van der Waals surface area contributed by atoms with Crippen LogP contribution in [-0.4, -0.2) is 77.5 Å². The van der Waals surface area contributed by atoms with Crippen LogP contribution in [0.3, 0.4) is 0 Å². The molecule has 0 fully saturated rings. The predicted molar refractivity (Wildman–Crippen MR) is 118 cm³/mol. The summed E-state index contributed by atoms with van der Waals surface area (Å²) in [5.41, 5.74) is 2.77. The molecule has 2 heterocycles. The Morgan fingerprint density at radius 2 is 2.00 bits per heavy atom. The molecule has 3 N–H and O–H groups in total. The fourth-order valence-corrected chi connectivity index (χ4v) is 3.68. The van der Waals surface area contributed by atoms with E-state index in [4.69, 9.17) is 19.4 Å². The molecule has 1 aliphatic rings. The number of likely N-dealkylation sites (N-methyl/N-ethyl adjacent to an activating group) is 1. The molecule has 0 aliphatic heterocycles. The highest BCUT2D eigenvalue weighted by molar-refractivity contribution is 5.59. The first-order valence-corrected chi connectivity index (χ1v) is 10.7. The van der Waals surface area contributed by atoms with E-state index in [1.54, 1.807) is 18.3 Å². The van der Waals surface area contributed by atoms with E-state index in [-0.39, 0.29) is 19.3 Å². The van der Waals surface area contributed by atoms with E-state index in [1.807, 2.05) is 25.8 Å². The second-order valence-electron chi connectivity index (χ2n) is 8.16. The number of aliphatic hydroxyl groups excluding tert-OH is 2. The molecule has 0 saturated carbocycles. The molecule has 1 aliphatic carbocycles. The van der Waals surface area contributed by atoms with E-state index < -0.39 is 12.3 Å². The molecule has 2 aromatic heterocycles. The molecule has 9 heteroatoms. The third kappa shape index (κ3) is 6.33. The smallest absolute Gasteiger partial charge is 0.180 e. The molecule has 170 valence electrons. The van der Waals surface area contributed by atoms with Crippen molar-refractivity contribution in [2.75, 3.05) is 38.8 Å². The van der Waals surface area contributed by atoms with Gasteiger partial charge in [0.25, 0.3) is 0 Å². The maximum atomic E-state index is 10.3. The molecule has 3 rings (SSSR count). The molecule has 0 spiro atoms. The molecular weight excluding hydrogens is 398 g/mol. The lowest BCUT2D eigenvalue weighted by Gasteiger charge is -2.25. The number of rotatable bonds is 11. The van der Waals surface area contributed by atoms with Crippen LogP contribution in [0.15, 0.2) is 18.3 Å². The average molecular weight is 432 g/mol. The zero-order valence-corrected chi connectivity index (χ0v) is 18.7. The van der Waals surface area contributed by atoms with Gasteiger partial charge in [-0.1, -0.05) is 0 Å². The molecule has 0 bridgehead atoms. The first-order valence-electron chi connectivity index (χ1n) is 10.7. The fraction of sp³-hybridized carbons (Fsp3) is 0.591. The number of aryl methyl sites for hydroxylation is 1. The van der Waals surface area contributed by atoms with Crippen LogP contribution in [0.2, 0.25) is 0 Å². The number of aliphatic hydroxyl groups is 2. The van der Waals surface area contributed by atoms with Gasteiger partial charge in [0.1, 0.15) is 36.2 Å². The van der Waals surface area contributed by atoms with Gasteiger partial charge in [-0.15, -0.1) is 0 Å². The maximum Gasteiger partial charge on any atom is 0.180 e. The fourth-order valence-electron chi connectivity index (χ4n) is 3.68. The summed E-state index contributed by atoms with van der Waals surface area (Å²) in [5, 5.41) is 23.2. The minimum absolute atomic E-state index is 0.122. The van der Waals surface area contributed by atoms with Gasteiger partial charge < -0.3 is 24.6 Å². The van der Waals surface area contributed by atoms with Crippen molar-refractivity contribution in [3.05, 3.63) is 29.6 Å². The second-order valence-corrected chi connectivity index (χ2v) is 8.16. The van der Waals surface area contributed by atoms with E-state index in [1.165, 1.54) is 7.11 Å². The van der Waals surface area contributed by atoms with E-state index in [9.17, 15) is 10.2 Å². The van der Waals surface area contributed by atoms with Crippen LogP contribution >= 0.6 is 0 Å². The average Bonchev–Trinajstić information content (AvgIpc) is 3.20. The first-order chi connectivity index (χ1) is 14.9. The Balaban J connectivity index is 1.82. The zero-order valence-electron chi connectivity index (χ0n) is 18.7. The quantitative estimate of drug-likeness (QED) is 0.451. The Morgan fingerprint density at radius 1 is 1.19 bits per heavy atom. The Hall–Kier alpha value is -2.33. The number of fused-ring (bicyclic) bond motifs is 1. The van der Waals surface area contributed by atoms with Crippen molar-refractivity contribution in [2.45, 2.75) is 51.5 Å². The lowest BCUT2D eigenvalue weighted by atomic mass is 10.2. The largest absolute Gasteiger partial charge is 0.491 e. The van der Waals surface area contributed by atoms with Crippen molar-refractivity contribution in [2.24, 2.45) is 0 Å². The highest BCUT2D eigenvalue weighted by Crippen LogP contribution is 2.31. The summed E-state index contributed by atoms with van der Waals surface area (Å²) >= 11 is 0. The minimum Gasteiger partial charge on any atom is -0.491 e. The van der Waals surface area contributed by atoms with Crippen molar-refractivity contribution >= 4 is 5.82 Å². The first kappa shape index (κ1) is 23.3. The van der Waals surface area contributed by atoms with Gasteiger partial charge in [0.15, 0.2) is 5.82 Å². The standard InChI is InChI=1S/C22H33N5O4/c1-14(2)24-20(29)11-27(3)22-17-6-5-7-18(17)25-21(26-22)19-10-16(8-9-23-19)31-13-15(28)12-30-4/h8-10,14-15,20,24,28-29H,5-7,11-13H2,1-4H3/t15-,20?/m1/s1. The van der Waals surface area contributed by atoms with Crippen LogP contribution in [-0.2, 0) is 17.6 Å². The number of ether oxygens (including phenoxy) is 2. The van der Waals surface area contributed by atoms with E-state index in [0.29, 0.717) is 23.8 Å². The van der Waals surface area contributed by atoms with Crippen molar-refractivity contribution in [1.82, 2.24) is 20.3 Å². The molecule has 0 amide bonds.